The van der Waals surface area contributed by atoms with Crippen LogP contribution in [-0.2, 0) is 49.6 Å². The third kappa shape index (κ3) is 18.8. The Morgan fingerprint density at radius 3 is 1.86 bits per heavy atom. The molecule has 328 valence electrons. The lowest BCUT2D eigenvalue weighted by Crippen LogP contribution is -2.64. The Morgan fingerprint density at radius 2 is 1.34 bits per heavy atom. The maximum absolute atomic E-state index is 14.9. The van der Waals surface area contributed by atoms with Crippen molar-refractivity contribution >= 4 is 60.5 Å². The van der Waals surface area contributed by atoms with E-state index in [4.69, 9.17) is 20.9 Å². The lowest BCUT2D eigenvalue weighted by Gasteiger charge is -2.40. The summed E-state index contributed by atoms with van der Waals surface area (Å²) in [6.45, 7) is 9.86. The number of amides is 6. The topological polar surface area (TPSA) is 332 Å². The highest BCUT2D eigenvalue weighted by atomic mass is 16.4. The molecule has 0 saturated carbocycles. The fourth-order valence-corrected chi connectivity index (χ4v) is 5.99. The predicted octanol–water partition coefficient (Wildman–Crippen LogP) is -0.681. The summed E-state index contributed by atoms with van der Waals surface area (Å²) in [5, 5.41) is 56.2. The number of aliphatic carboxylic acids is 3. The first kappa shape index (κ1) is 51.6. The van der Waals surface area contributed by atoms with E-state index in [1.165, 1.54) is 20.8 Å². The molecule has 0 aliphatic heterocycles. The van der Waals surface area contributed by atoms with E-state index in [1.54, 1.807) is 45.0 Å². The predicted molar refractivity (Wildman–Crippen MR) is 212 cm³/mol. The average Bonchev–Trinajstić information content (AvgIpc) is 3.11. The van der Waals surface area contributed by atoms with Gasteiger partial charge in [-0.2, -0.15) is 0 Å². The maximum Gasteiger partial charge on any atom is 0.451 e. The van der Waals surface area contributed by atoms with Gasteiger partial charge in [0, 0.05) is 25.8 Å². The number of nitrogens with one attached hydrogen (secondary N) is 4. The first-order chi connectivity index (χ1) is 27.3. The van der Waals surface area contributed by atoms with Crippen molar-refractivity contribution in [1.82, 2.24) is 26.2 Å². The van der Waals surface area contributed by atoms with Gasteiger partial charge >= 0.3 is 25.0 Å². The van der Waals surface area contributed by atoms with Crippen LogP contribution >= 0.6 is 0 Å². The van der Waals surface area contributed by atoms with Gasteiger partial charge in [0.1, 0.15) is 24.2 Å². The molecule has 21 heteroatoms. The molecular formula is C38H59BN6O14. The summed E-state index contributed by atoms with van der Waals surface area (Å²) in [5.74, 6) is -10.5. The van der Waals surface area contributed by atoms with Gasteiger partial charge in [-0.1, -0.05) is 58.9 Å². The molecule has 0 spiro atoms. The molecular weight excluding hydrogens is 775 g/mol. The number of aryl methyl sites for hydroxylation is 1. The Kier molecular flexibility index (Phi) is 21.4. The van der Waals surface area contributed by atoms with E-state index < -0.39 is 128 Å². The maximum atomic E-state index is 14.9. The molecule has 0 bridgehead atoms. The van der Waals surface area contributed by atoms with Crippen molar-refractivity contribution in [3.8, 4) is 0 Å². The van der Waals surface area contributed by atoms with Crippen molar-refractivity contribution in [1.29, 1.82) is 0 Å². The lowest BCUT2D eigenvalue weighted by atomic mass is 9.83. The molecule has 1 rings (SSSR count). The van der Waals surface area contributed by atoms with Crippen LogP contribution < -0.4 is 27.0 Å². The summed E-state index contributed by atoms with van der Waals surface area (Å²) >= 11 is 0. The summed E-state index contributed by atoms with van der Waals surface area (Å²) in [6, 6.07) is -1.31. The fourth-order valence-electron chi connectivity index (χ4n) is 5.99. The third-order valence-electron chi connectivity index (χ3n) is 8.98. The van der Waals surface area contributed by atoms with Gasteiger partial charge in [-0.3, -0.25) is 48.1 Å². The number of imide groups is 1. The molecule has 0 radical (unpaired) electrons. The number of carbonyl (C=O) groups excluding carboxylic acids is 6. The zero-order chi connectivity index (χ0) is 45.2. The lowest BCUT2D eigenvalue weighted by molar-refractivity contribution is -0.159. The summed E-state index contributed by atoms with van der Waals surface area (Å²) < 4.78 is 0. The molecule has 0 saturated heterocycles. The summed E-state index contributed by atoms with van der Waals surface area (Å²) in [6.07, 6.45) is -3.61. The normalized spacial score (nSPS) is 13.8. The van der Waals surface area contributed by atoms with Crippen LogP contribution in [0.3, 0.4) is 0 Å². The van der Waals surface area contributed by atoms with Gasteiger partial charge in [-0.05, 0) is 55.0 Å². The third-order valence-corrected chi connectivity index (χ3v) is 8.98. The largest absolute Gasteiger partial charge is 0.481 e. The van der Waals surface area contributed by atoms with Crippen molar-refractivity contribution in [2.45, 2.75) is 129 Å². The summed E-state index contributed by atoms with van der Waals surface area (Å²) in [7, 11) is -1.59. The van der Waals surface area contributed by atoms with Crippen LogP contribution in [0.1, 0.15) is 90.7 Å². The van der Waals surface area contributed by atoms with E-state index in [1.807, 2.05) is 0 Å². The fraction of sp³-hybridized carbons (Fsp3) is 0.605. The first-order valence-corrected chi connectivity index (χ1v) is 19.2. The molecule has 0 aromatic heterocycles. The number of carbonyl (C=O) groups is 9. The minimum absolute atomic E-state index is 0.0294. The van der Waals surface area contributed by atoms with Crippen LogP contribution in [0.15, 0.2) is 24.3 Å². The van der Waals surface area contributed by atoms with E-state index >= 15 is 0 Å². The van der Waals surface area contributed by atoms with Crippen molar-refractivity contribution in [2.75, 3.05) is 6.54 Å². The van der Waals surface area contributed by atoms with Gasteiger partial charge in [0.05, 0.1) is 18.9 Å². The minimum atomic E-state index is -1.73. The molecule has 0 fully saturated rings. The second-order valence-corrected chi connectivity index (χ2v) is 15.8. The van der Waals surface area contributed by atoms with Crippen molar-refractivity contribution in [2.24, 2.45) is 17.1 Å². The van der Waals surface area contributed by atoms with Gasteiger partial charge in [0.25, 0.3) is 5.91 Å². The second-order valence-electron chi connectivity index (χ2n) is 15.8. The van der Waals surface area contributed by atoms with Gasteiger partial charge in [-0.15, -0.1) is 0 Å². The molecule has 59 heavy (non-hydrogen) atoms. The van der Waals surface area contributed by atoms with Crippen LogP contribution in [0.2, 0.25) is 6.32 Å². The van der Waals surface area contributed by atoms with Crippen LogP contribution in [0.4, 0.5) is 0 Å². The van der Waals surface area contributed by atoms with Crippen molar-refractivity contribution < 1.29 is 68.5 Å². The van der Waals surface area contributed by atoms with Gasteiger partial charge in [0.15, 0.2) is 0 Å². The summed E-state index contributed by atoms with van der Waals surface area (Å²) in [4.78, 5) is 118. The molecule has 0 aliphatic rings. The Labute approximate surface area is 343 Å². The van der Waals surface area contributed by atoms with E-state index in [2.05, 4.69) is 21.3 Å². The SMILES string of the molecule is Cc1ccccc1C[C@H](NC(=O)[C@H](CCC(=O)O)NC(=O)[C@@H](N)CC(=O)O)C(=O)N(C(=O)CCC(=O)O)[C@H](C(=O)N[C@@H](CC(C)C)C(=O)NCCCB(O)O)C(C)(C)C. The number of carboxylic acid groups (broad SMARTS) is 3. The monoisotopic (exact) mass is 834 g/mol. The van der Waals surface area contributed by atoms with E-state index in [-0.39, 0.29) is 38.0 Å². The molecule has 1 aromatic carbocycles. The smallest absolute Gasteiger partial charge is 0.451 e. The number of benzene rings is 1. The van der Waals surface area contributed by atoms with Crippen LogP contribution in [0, 0.1) is 18.3 Å². The quantitative estimate of drug-likeness (QED) is 0.0431. The Morgan fingerprint density at radius 1 is 0.763 bits per heavy atom. The Balaban J connectivity index is 3.87. The zero-order valence-electron chi connectivity index (χ0n) is 34.4. The zero-order valence-corrected chi connectivity index (χ0v) is 34.4. The number of hydrogen-bond donors (Lipinski definition) is 10. The Hall–Kier alpha value is -5.41. The second kappa shape index (κ2) is 24.5. The number of hydrogen-bond acceptors (Lipinski definition) is 12. The highest BCUT2D eigenvalue weighted by molar-refractivity contribution is 6.40. The number of carboxylic acids is 3. The van der Waals surface area contributed by atoms with E-state index in [0.717, 1.165) is 0 Å². The molecule has 0 unspecified atom stereocenters. The van der Waals surface area contributed by atoms with Crippen LogP contribution in [0.5, 0.6) is 0 Å². The molecule has 5 atom stereocenters. The van der Waals surface area contributed by atoms with Crippen LogP contribution in [0.25, 0.3) is 0 Å². The van der Waals surface area contributed by atoms with Gasteiger partial charge in [0.2, 0.25) is 29.5 Å². The molecule has 20 nitrogen and oxygen atoms in total. The van der Waals surface area contributed by atoms with E-state index in [9.17, 15) is 53.4 Å². The highest BCUT2D eigenvalue weighted by Crippen LogP contribution is 2.28. The van der Waals surface area contributed by atoms with Crippen molar-refractivity contribution in [3.63, 3.8) is 0 Å². The summed E-state index contributed by atoms with van der Waals surface area (Å²) in [5.41, 5.74) is 5.50. The molecule has 11 N–H and O–H groups in total. The number of nitrogens with two attached hydrogens (primary N) is 1. The number of nitrogens with zero attached hydrogens (tertiary/aromatic N) is 1. The molecule has 0 aliphatic carbocycles. The molecule has 6 amide bonds. The minimum Gasteiger partial charge on any atom is -0.481 e. The standard InChI is InChI=1S/C38H59BN6O14/c1-21(2)18-26(34(54)41-17-9-16-39(58)59)43-36(56)32(38(4,5)6)45(28(46)13-15-30(49)50)37(57)27(19-23-11-8-7-10-22(23)3)44-35(55)25(12-14-29(47)48)42-33(53)24(40)20-31(51)52/h7-8,10-11,21,24-27,32,58-59H,9,12-20,40H2,1-6H3,(H,41,54)(H,42,53)(H,43,56)(H,44,55)(H,47,48)(H,49,50)(H,51,52)/t24-,25-,26-,27-,32+/m0/s1. The molecule has 1 aromatic rings. The van der Waals surface area contributed by atoms with Crippen molar-refractivity contribution in [3.05, 3.63) is 35.4 Å². The van der Waals surface area contributed by atoms with Crippen LogP contribution in [-0.4, -0.2) is 127 Å². The van der Waals surface area contributed by atoms with Gasteiger partial charge in [-0.25, -0.2) is 0 Å². The van der Waals surface area contributed by atoms with Gasteiger partial charge < -0.3 is 52.4 Å². The molecule has 0 heterocycles. The first-order valence-electron chi connectivity index (χ1n) is 19.2. The highest BCUT2D eigenvalue weighted by Gasteiger charge is 2.46. The average molecular weight is 835 g/mol. The van der Waals surface area contributed by atoms with E-state index in [0.29, 0.717) is 16.0 Å². The number of rotatable bonds is 25. The Bertz CT molecular complexity index is 1670.